The van der Waals surface area contributed by atoms with Crippen LogP contribution in [0, 0.1) is 0 Å². The van der Waals surface area contributed by atoms with Gasteiger partial charge in [-0.05, 0) is 58.7 Å². The van der Waals surface area contributed by atoms with E-state index < -0.39 is 55.1 Å². The quantitative estimate of drug-likeness (QED) is 0.160. The van der Waals surface area contributed by atoms with E-state index in [0.29, 0.717) is 22.3 Å². The fraction of sp³-hybridized carbons (Fsp3) is 0.294. The van der Waals surface area contributed by atoms with Crippen molar-refractivity contribution in [3.05, 3.63) is 106 Å². The molecule has 4 aromatic carbocycles. The van der Waals surface area contributed by atoms with E-state index in [2.05, 4.69) is 0 Å². The Morgan fingerprint density at radius 1 is 0.578 bits per heavy atom. The first-order chi connectivity index (χ1) is 21.6. The molecule has 0 aromatic heterocycles. The number of rotatable bonds is 5. The van der Waals surface area contributed by atoms with Crippen LogP contribution >= 0.6 is 0 Å². The van der Waals surface area contributed by atoms with Crippen molar-refractivity contribution in [1.82, 2.24) is 0 Å². The molecule has 3 aliphatic rings. The molecule has 234 valence electrons. The molecule has 1 saturated heterocycles. The predicted molar refractivity (Wildman–Crippen MR) is 158 cm³/mol. The zero-order chi connectivity index (χ0) is 31.7. The molecule has 11 heteroatoms. The molecule has 1 fully saturated rings. The van der Waals surface area contributed by atoms with E-state index in [4.69, 9.17) is 9.47 Å². The lowest BCUT2D eigenvalue weighted by Crippen LogP contribution is -2.60. The summed E-state index contributed by atoms with van der Waals surface area (Å²) in [4.78, 5) is 0. The largest absolute Gasteiger partial charge is 0.508 e. The number of aliphatic hydroxyl groups excluding tert-OH is 4. The van der Waals surface area contributed by atoms with Gasteiger partial charge in [-0.1, -0.05) is 24.3 Å². The van der Waals surface area contributed by atoms with Crippen molar-refractivity contribution >= 4 is 0 Å². The highest BCUT2D eigenvalue weighted by Crippen LogP contribution is 2.69. The summed E-state index contributed by atoms with van der Waals surface area (Å²) in [5.74, 6) is -2.25. The lowest BCUT2D eigenvalue weighted by molar-refractivity contribution is -0.277. The second-order valence-corrected chi connectivity index (χ2v) is 11.9. The van der Waals surface area contributed by atoms with Crippen LogP contribution in [0.3, 0.4) is 0 Å². The number of hydrogen-bond acceptors (Lipinski definition) is 11. The number of benzene rings is 4. The summed E-state index contributed by atoms with van der Waals surface area (Å²) >= 11 is 0. The Morgan fingerprint density at radius 3 is 1.82 bits per heavy atom. The fourth-order valence-corrected chi connectivity index (χ4v) is 7.52. The third-order valence-electron chi connectivity index (χ3n) is 9.38. The van der Waals surface area contributed by atoms with Crippen molar-refractivity contribution in [1.29, 1.82) is 0 Å². The van der Waals surface area contributed by atoms with Crippen LogP contribution in [0.5, 0.6) is 34.5 Å². The highest BCUT2D eigenvalue weighted by Gasteiger charge is 2.54. The minimum atomic E-state index is -1.71. The average Bonchev–Trinajstić information content (AvgIpc) is 3.28. The molecule has 2 aliphatic carbocycles. The standard InChI is InChI=1S/C34H32O11/c35-13-24-31(41)32(42)33(43)34(45-24)44-23-12-19(39)10-21-28(23)25(14-1-5-16(36)6-2-14)29-20-9-18(38)11-22(40)27(20)30(21)26(29)15-3-7-17(37)8-4-15/h1-12,24-26,29-43H,13H2/t24-,25+,26?,29?,30?,31-,32+,33-,34-/m1/s1. The third-order valence-corrected chi connectivity index (χ3v) is 9.38. The van der Waals surface area contributed by atoms with Gasteiger partial charge in [-0.3, -0.25) is 0 Å². The Hall–Kier alpha value is -4.52. The minimum absolute atomic E-state index is 0.0355. The number of aromatic hydroxyl groups is 5. The average molecular weight is 617 g/mol. The summed E-state index contributed by atoms with van der Waals surface area (Å²) in [7, 11) is 0. The Kier molecular flexibility index (Phi) is 7.03. The van der Waals surface area contributed by atoms with E-state index in [9.17, 15) is 46.0 Å². The lowest BCUT2D eigenvalue weighted by Gasteiger charge is -2.42. The van der Waals surface area contributed by atoms with Gasteiger partial charge in [0.05, 0.1) is 6.61 Å². The molecule has 9 N–H and O–H groups in total. The highest BCUT2D eigenvalue weighted by atomic mass is 16.7. The van der Waals surface area contributed by atoms with E-state index in [1.165, 1.54) is 24.3 Å². The first-order valence-corrected chi connectivity index (χ1v) is 14.5. The summed E-state index contributed by atoms with van der Waals surface area (Å²) in [6, 6.07) is 19.0. The number of aliphatic hydroxyl groups is 4. The topological polar surface area (TPSA) is 201 Å². The molecule has 11 nitrogen and oxygen atoms in total. The molecule has 1 heterocycles. The molecule has 45 heavy (non-hydrogen) atoms. The van der Waals surface area contributed by atoms with Crippen molar-refractivity contribution in [2.24, 2.45) is 0 Å². The van der Waals surface area contributed by atoms with Crippen LogP contribution in [0.1, 0.15) is 57.1 Å². The first-order valence-electron chi connectivity index (χ1n) is 14.5. The number of hydrogen-bond donors (Lipinski definition) is 9. The molecule has 0 saturated carbocycles. The van der Waals surface area contributed by atoms with Gasteiger partial charge in [-0.25, -0.2) is 0 Å². The summed E-state index contributed by atoms with van der Waals surface area (Å²) in [5.41, 5.74) is 3.89. The van der Waals surface area contributed by atoms with Gasteiger partial charge in [-0.15, -0.1) is 0 Å². The number of phenols is 5. The van der Waals surface area contributed by atoms with Gasteiger partial charge in [0, 0.05) is 46.9 Å². The first kappa shape index (κ1) is 29.2. The monoisotopic (exact) mass is 616 g/mol. The third kappa shape index (κ3) is 4.63. The van der Waals surface area contributed by atoms with Crippen molar-refractivity contribution < 1.29 is 55.4 Å². The van der Waals surface area contributed by atoms with E-state index >= 15 is 0 Å². The molecule has 9 atom stereocenters. The molecule has 1 aliphatic heterocycles. The van der Waals surface area contributed by atoms with E-state index in [0.717, 1.165) is 11.1 Å². The second-order valence-electron chi connectivity index (χ2n) is 11.9. The maximum absolute atomic E-state index is 11.3. The van der Waals surface area contributed by atoms with Crippen LogP contribution in [-0.2, 0) is 4.74 Å². The molecule has 4 aromatic rings. The Balaban J connectivity index is 1.48. The number of fused-ring (bicyclic) bond motifs is 7. The summed E-state index contributed by atoms with van der Waals surface area (Å²) in [6.07, 6.45) is -7.77. The van der Waals surface area contributed by atoms with Gasteiger partial charge in [0.25, 0.3) is 0 Å². The molecule has 0 amide bonds. The summed E-state index contributed by atoms with van der Waals surface area (Å²) in [6.45, 7) is -0.657. The molecule has 3 unspecified atom stereocenters. The van der Waals surface area contributed by atoms with Crippen LogP contribution in [-0.4, -0.2) is 83.3 Å². The van der Waals surface area contributed by atoms with Crippen LogP contribution in [0.15, 0.2) is 72.8 Å². The number of phenolic OH excluding ortho intramolecular Hbond substituents is 5. The van der Waals surface area contributed by atoms with Crippen molar-refractivity contribution in [2.45, 2.75) is 54.4 Å². The summed E-state index contributed by atoms with van der Waals surface area (Å²) in [5, 5.41) is 94.4. The Bertz CT molecular complexity index is 1740. The van der Waals surface area contributed by atoms with Gasteiger partial charge in [0.2, 0.25) is 6.29 Å². The van der Waals surface area contributed by atoms with Gasteiger partial charge in [0.1, 0.15) is 58.9 Å². The van der Waals surface area contributed by atoms with Crippen LogP contribution in [0.25, 0.3) is 0 Å². The SMILES string of the molecule is OC[C@H]1O[C@@H](Oc2cc(O)cc3c2[C@H](c2ccc(O)cc2)C2c4cc(O)cc(O)c4C3C2c2ccc(O)cc2)[C@H](O)[C@@H](O)[C@@H]1O. The molecule has 7 rings (SSSR count). The highest BCUT2D eigenvalue weighted by molar-refractivity contribution is 5.69. The van der Waals surface area contributed by atoms with Gasteiger partial charge >= 0.3 is 0 Å². The predicted octanol–water partition coefficient (Wildman–Crippen LogP) is 2.55. The lowest BCUT2D eigenvalue weighted by atomic mass is 9.63. The normalized spacial score (nSPS) is 30.0. The molecular formula is C34H32O11. The van der Waals surface area contributed by atoms with Gasteiger partial charge in [0.15, 0.2) is 0 Å². The summed E-state index contributed by atoms with van der Waals surface area (Å²) < 4.78 is 11.8. The maximum atomic E-state index is 11.3. The minimum Gasteiger partial charge on any atom is -0.508 e. The van der Waals surface area contributed by atoms with E-state index in [1.54, 1.807) is 48.5 Å². The van der Waals surface area contributed by atoms with Crippen molar-refractivity contribution in [3.8, 4) is 34.5 Å². The Morgan fingerprint density at radius 2 is 1.18 bits per heavy atom. The van der Waals surface area contributed by atoms with E-state index in [1.807, 2.05) is 0 Å². The van der Waals surface area contributed by atoms with Crippen LogP contribution < -0.4 is 4.74 Å². The molecule has 2 bridgehead atoms. The van der Waals surface area contributed by atoms with E-state index in [-0.39, 0.29) is 40.4 Å². The zero-order valence-electron chi connectivity index (χ0n) is 23.7. The second kappa shape index (κ2) is 10.8. The zero-order valence-corrected chi connectivity index (χ0v) is 23.7. The van der Waals surface area contributed by atoms with Crippen molar-refractivity contribution in [2.75, 3.05) is 6.61 Å². The molecule has 0 spiro atoms. The van der Waals surface area contributed by atoms with Gasteiger partial charge in [-0.2, -0.15) is 0 Å². The van der Waals surface area contributed by atoms with Crippen LogP contribution in [0.2, 0.25) is 0 Å². The number of ether oxygens (including phenoxy) is 2. The Labute approximate surface area is 257 Å². The van der Waals surface area contributed by atoms with Gasteiger partial charge < -0.3 is 55.4 Å². The fourth-order valence-electron chi connectivity index (χ4n) is 7.52. The smallest absolute Gasteiger partial charge is 0.229 e. The molecule has 0 radical (unpaired) electrons. The van der Waals surface area contributed by atoms with Crippen LogP contribution in [0.4, 0.5) is 0 Å². The van der Waals surface area contributed by atoms with Crippen molar-refractivity contribution in [3.63, 3.8) is 0 Å². The maximum Gasteiger partial charge on any atom is 0.229 e. The molecular weight excluding hydrogens is 584 g/mol.